The summed E-state index contributed by atoms with van der Waals surface area (Å²) in [6, 6.07) is 3.71. The lowest BCUT2D eigenvalue weighted by molar-refractivity contribution is -0.137. The number of rotatable bonds is 1. The third-order valence-corrected chi connectivity index (χ3v) is 1.94. The average Bonchev–Trinajstić information content (AvgIpc) is 2.07. The van der Waals surface area contributed by atoms with Crippen LogP contribution in [0.1, 0.15) is 11.1 Å². The Bertz CT molecular complexity index is 353. The van der Waals surface area contributed by atoms with E-state index >= 15 is 0 Å². The van der Waals surface area contributed by atoms with Crippen molar-refractivity contribution in [2.24, 2.45) is 0 Å². The number of halogens is 4. The van der Waals surface area contributed by atoms with Crippen molar-refractivity contribution in [3.63, 3.8) is 0 Å². The molecule has 0 aliphatic heterocycles. The lowest BCUT2D eigenvalue weighted by atomic mass is 10.1. The Hall–Kier alpha value is -0.960. The van der Waals surface area contributed by atoms with Gasteiger partial charge in [-0.15, -0.1) is 0 Å². The molecule has 0 saturated heterocycles. The molecule has 0 spiro atoms. The lowest BCUT2D eigenvalue weighted by Crippen LogP contribution is -2.05. The molecule has 0 aliphatic rings. The predicted octanol–water partition coefficient (Wildman–Crippen LogP) is 4.21. The zero-order chi connectivity index (χ0) is 10.8. The van der Waals surface area contributed by atoms with Crippen molar-refractivity contribution in [2.75, 3.05) is 0 Å². The van der Waals surface area contributed by atoms with Gasteiger partial charge >= 0.3 is 6.18 Å². The first-order valence-corrected chi connectivity index (χ1v) is 4.15. The van der Waals surface area contributed by atoms with Crippen LogP contribution in [0.4, 0.5) is 13.2 Å². The minimum absolute atomic E-state index is 0.293. The van der Waals surface area contributed by atoms with Crippen molar-refractivity contribution in [3.8, 4) is 0 Å². The monoisotopic (exact) mass is 219 g/mol. The molecule has 0 atom stereocenters. The molecule has 0 heterocycles. The number of allylic oxidation sites excluding steroid dienone is 1. The van der Waals surface area contributed by atoms with Gasteiger partial charge in [-0.25, -0.2) is 0 Å². The molecule has 0 fully saturated rings. The zero-order valence-electron chi connectivity index (χ0n) is 7.11. The molecular formula is C10H7ClF3. The number of alkyl halides is 3. The summed E-state index contributed by atoms with van der Waals surface area (Å²) in [6.07, 6.45) is -1.52. The SMILES string of the molecule is [CH2]/C=C/c1ccc(Cl)c(C(F)(F)F)c1. The van der Waals surface area contributed by atoms with Crippen LogP contribution in [0.3, 0.4) is 0 Å². The first kappa shape index (κ1) is 11.1. The molecule has 0 amide bonds. The quantitative estimate of drug-likeness (QED) is 0.664. The molecule has 0 N–H and O–H groups in total. The molecule has 0 aromatic heterocycles. The second kappa shape index (κ2) is 4.05. The molecule has 75 valence electrons. The van der Waals surface area contributed by atoms with Crippen LogP contribution in [0.2, 0.25) is 5.02 Å². The third kappa shape index (κ3) is 2.51. The molecule has 0 bridgehead atoms. The largest absolute Gasteiger partial charge is 0.417 e. The molecule has 1 rings (SSSR count). The van der Waals surface area contributed by atoms with Gasteiger partial charge in [0, 0.05) is 0 Å². The molecule has 0 aliphatic carbocycles. The normalized spacial score (nSPS) is 12.4. The summed E-state index contributed by atoms with van der Waals surface area (Å²) in [7, 11) is 0. The number of benzene rings is 1. The highest BCUT2D eigenvalue weighted by atomic mass is 35.5. The average molecular weight is 220 g/mol. The molecule has 1 aromatic rings. The van der Waals surface area contributed by atoms with Crippen LogP contribution in [0, 0.1) is 6.92 Å². The van der Waals surface area contributed by atoms with Crippen LogP contribution in [-0.2, 0) is 6.18 Å². The van der Waals surface area contributed by atoms with Gasteiger partial charge in [0.25, 0.3) is 0 Å². The second-order valence-corrected chi connectivity index (χ2v) is 3.05. The van der Waals surface area contributed by atoms with E-state index in [-0.39, 0.29) is 5.02 Å². The first-order valence-electron chi connectivity index (χ1n) is 3.77. The van der Waals surface area contributed by atoms with Crippen molar-refractivity contribution in [1.29, 1.82) is 0 Å². The van der Waals surface area contributed by atoms with E-state index in [2.05, 4.69) is 6.92 Å². The summed E-state index contributed by atoms with van der Waals surface area (Å²) in [5.74, 6) is 0. The van der Waals surface area contributed by atoms with E-state index in [1.54, 1.807) is 0 Å². The summed E-state index contributed by atoms with van der Waals surface area (Å²) >= 11 is 5.42. The molecule has 14 heavy (non-hydrogen) atoms. The maximum Gasteiger partial charge on any atom is 0.417 e. The molecule has 4 heteroatoms. The maximum atomic E-state index is 12.3. The minimum Gasteiger partial charge on any atom is -0.166 e. The smallest absolute Gasteiger partial charge is 0.166 e. The standard InChI is InChI=1S/C10H7ClF3/c1-2-3-7-4-5-9(11)8(6-7)10(12,13)14/h2-6H,1H2/b3-2+. The minimum atomic E-state index is -4.41. The highest BCUT2D eigenvalue weighted by Gasteiger charge is 2.33. The topological polar surface area (TPSA) is 0 Å². The van der Waals surface area contributed by atoms with Gasteiger partial charge in [0.2, 0.25) is 0 Å². The number of hydrogen-bond donors (Lipinski definition) is 0. The number of hydrogen-bond acceptors (Lipinski definition) is 0. The fraction of sp³-hybridized carbons (Fsp3) is 0.100. The molecule has 0 saturated carbocycles. The Balaban J connectivity index is 3.22. The fourth-order valence-corrected chi connectivity index (χ4v) is 1.22. The maximum absolute atomic E-state index is 12.3. The van der Waals surface area contributed by atoms with E-state index in [1.807, 2.05) is 0 Å². The molecule has 1 aromatic carbocycles. The van der Waals surface area contributed by atoms with Crippen LogP contribution in [0.15, 0.2) is 24.3 Å². The highest BCUT2D eigenvalue weighted by molar-refractivity contribution is 6.31. The van der Waals surface area contributed by atoms with Gasteiger partial charge in [0.15, 0.2) is 0 Å². The molecule has 0 nitrogen and oxygen atoms in total. The predicted molar refractivity (Wildman–Crippen MR) is 50.8 cm³/mol. The lowest BCUT2D eigenvalue weighted by Gasteiger charge is -2.09. The zero-order valence-corrected chi connectivity index (χ0v) is 7.86. The van der Waals surface area contributed by atoms with Gasteiger partial charge < -0.3 is 0 Å². The van der Waals surface area contributed by atoms with Crippen molar-refractivity contribution in [3.05, 3.63) is 47.3 Å². The van der Waals surface area contributed by atoms with E-state index < -0.39 is 11.7 Å². The summed E-state index contributed by atoms with van der Waals surface area (Å²) in [6.45, 7) is 3.40. The third-order valence-electron chi connectivity index (χ3n) is 1.61. The molecule has 1 radical (unpaired) electrons. The highest BCUT2D eigenvalue weighted by Crippen LogP contribution is 2.35. The van der Waals surface area contributed by atoms with Crippen molar-refractivity contribution in [1.82, 2.24) is 0 Å². The van der Waals surface area contributed by atoms with Crippen molar-refractivity contribution < 1.29 is 13.2 Å². The summed E-state index contributed by atoms with van der Waals surface area (Å²) in [5, 5.41) is -0.293. The van der Waals surface area contributed by atoms with Crippen LogP contribution >= 0.6 is 11.6 Å². The van der Waals surface area contributed by atoms with Gasteiger partial charge in [0.1, 0.15) is 0 Å². The van der Waals surface area contributed by atoms with Crippen molar-refractivity contribution in [2.45, 2.75) is 6.18 Å². The summed E-state index contributed by atoms with van der Waals surface area (Å²) in [4.78, 5) is 0. The fourth-order valence-electron chi connectivity index (χ4n) is 1.000. The Kier molecular flexibility index (Phi) is 3.21. The van der Waals surface area contributed by atoms with E-state index in [4.69, 9.17) is 11.6 Å². The second-order valence-electron chi connectivity index (χ2n) is 2.64. The van der Waals surface area contributed by atoms with E-state index in [1.165, 1.54) is 24.3 Å². The van der Waals surface area contributed by atoms with Gasteiger partial charge in [-0.3, -0.25) is 0 Å². The Morgan fingerprint density at radius 3 is 2.43 bits per heavy atom. The van der Waals surface area contributed by atoms with E-state index in [0.717, 1.165) is 6.07 Å². The molecule has 0 unspecified atom stereocenters. The summed E-state index contributed by atoms with van der Waals surface area (Å²) < 4.78 is 37.0. The van der Waals surface area contributed by atoms with Crippen LogP contribution < -0.4 is 0 Å². The van der Waals surface area contributed by atoms with Crippen molar-refractivity contribution >= 4 is 17.7 Å². The Labute approximate surface area is 85.0 Å². The summed E-state index contributed by atoms with van der Waals surface area (Å²) in [5.41, 5.74) is -0.397. The van der Waals surface area contributed by atoms with Gasteiger partial charge in [-0.05, 0) is 24.6 Å². The van der Waals surface area contributed by atoms with Crippen LogP contribution in [0.5, 0.6) is 0 Å². The Morgan fingerprint density at radius 1 is 1.29 bits per heavy atom. The Morgan fingerprint density at radius 2 is 1.93 bits per heavy atom. The van der Waals surface area contributed by atoms with Gasteiger partial charge in [-0.1, -0.05) is 29.8 Å². The van der Waals surface area contributed by atoms with Gasteiger partial charge in [0.05, 0.1) is 10.6 Å². The van der Waals surface area contributed by atoms with Gasteiger partial charge in [-0.2, -0.15) is 13.2 Å². The van der Waals surface area contributed by atoms with E-state index in [9.17, 15) is 13.2 Å². The van der Waals surface area contributed by atoms with Crippen LogP contribution in [0.25, 0.3) is 6.08 Å². The first-order chi connectivity index (χ1) is 6.45. The van der Waals surface area contributed by atoms with E-state index in [0.29, 0.717) is 5.56 Å². The molecular weight excluding hydrogens is 213 g/mol. The van der Waals surface area contributed by atoms with Crippen LogP contribution in [-0.4, -0.2) is 0 Å².